The summed E-state index contributed by atoms with van der Waals surface area (Å²) < 4.78 is 34.0. The van der Waals surface area contributed by atoms with E-state index in [1.807, 2.05) is 0 Å². The molecule has 2 aromatic rings. The molecule has 0 aromatic heterocycles. The van der Waals surface area contributed by atoms with Gasteiger partial charge in [0.15, 0.2) is 0 Å². The highest BCUT2D eigenvalue weighted by atomic mass is 32.2. The highest BCUT2D eigenvalue weighted by Gasteiger charge is 2.40. The van der Waals surface area contributed by atoms with Gasteiger partial charge in [0.25, 0.3) is 15.9 Å². The van der Waals surface area contributed by atoms with Crippen molar-refractivity contribution in [2.45, 2.75) is 60.3 Å². The number of carbonyl (C=O) groups excluding carboxylic acids is 4. The van der Waals surface area contributed by atoms with Crippen molar-refractivity contribution in [1.82, 2.24) is 0 Å². The zero-order valence-corrected chi connectivity index (χ0v) is 24.5. The van der Waals surface area contributed by atoms with Gasteiger partial charge in [-0.05, 0) is 90.9 Å². The Morgan fingerprint density at radius 1 is 0.825 bits per heavy atom. The number of hydroxylamine groups is 1. The van der Waals surface area contributed by atoms with Crippen LogP contribution in [0.3, 0.4) is 0 Å². The molecular formula is C28H33N3O8S. The number of hydrogen-bond donors (Lipinski definition) is 2. The van der Waals surface area contributed by atoms with E-state index in [2.05, 4.69) is 10.0 Å². The lowest BCUT2D eigenvalue weighted by atomic mass is 9.97. The molecule has 0 unspecified atom stereocenters. The Morgan fingerprint density at radius 3 is 1.90 bits per heavy atom. The smallest absolute Gasteiger partial charge is 0.338 e. The summed E-state index contributed by atoms with van der Waals surface area (Å²) in [4.78, 5) is 55.3. The number of hydrogen-bond acceptors (Lipinski definition) is 8. The Labute approximate surface area is 233 Å². The van der Waals surface area contributed by atoms with Crippen molar-refractivity contribution in [2.24, 2.45) is 10.8 Å². The lowest BCUT2D eigenvalue weighted by Gasteiger charge is -2.22. The number of ether oxygens (including phenoxy) is 1. The molecule has 0 radical (unpaired) electrons. The van der Waals surface area contributed by atoms with Crippen molar-refractivity contribution in [1.29, 1.82) is 0 Å². The summed E-state index contributed by atoms with van der Waals surface area (Å²) in [6.45, 7) is 12.6. The number of carbonyl (C=O) groups is 4. The van der Waals surface area contributed by atoms with Crippen molar-refractivity contribution in [3.63, 3.8) is 0 Å². The molecule has 0 spiro atoms. The minimum absolute atomic E-state index is 0.00252. The predicted molar refractivity (Wildman–Crippen MR) is 149 cm³/mol. The minimum Gasteiger partial charge on any atom is -0.430 e. The average Bonchev–Trinajstić information content (AvgIpc) is 3.08. The molecule has 2 amide bonds. The van der Waals surface area contributed by atoms with Crippen LogP contribution in [0.25, 0.3) is 5.57 Å². The first-order valence-corrected chi connectivity index (χ1v) is 13.8. The molecule has 214 valence electrons. The van der Waals surface area contributed by atoms with E-state index in [1.54, 1.807) is 41.5 Å². The van der Waals surface area contributed by atoms with Crippen LogP contribution < -0.4 is 15.1 Å². The van der Waals surface area contributed by atoms with Crippen LogP contribution in [-0.4, -0.2) is 32.2 Å². The van der Waals surface area contributed by atoms with E-state index in [1.165, 1.54) is 56.3 Å². The molecule has 11 nitrogen and oxygen atoms in total. The normalized spacial score (nSPS) is 14.8. The molecule has 0 saturated carbocycles. The number of esters is 1. The maximum Gasteiger partial charge on any atom is 0.338 e. The SMILES string of the molecule is CC(=O)Nc1ccc(S(=O)(=O)Nc2ccc3c(c2)N(OC(=O)C(C)(C)C)C(=O)/C3=C(/C)OC(=O)C(C)(C)C)cc1. The Morgan fingerprint density at radius 2 is 1.38 bits per heavy atom. The Balaban J connectivity index is 2.03. The number of sulfonamides is 1. The molecule has 1 aliphatic rings. The van der Waals surface area contributed by atoms with Crippen LogP contribution >= 0.6 is 0 Å². The van der Waals surface area contributed by atoms with E-state index < -0.39 is 38.7 Å². The van der Waals surface area contributed by atoms with Crippen LogP contribution in [0.5, 0.6) is 0 Å². The summed E-state index contributed by atoms with van der Waals surface area (Å²) in [5, 5.41) is 3.33. The van der Waals surface area contributed by atoms with Gasteiger partial charge in [0, 0.05) is 18.2 Å². The van der Waals surface area contributed by atoms with E-state index in [4.69, 9.17) is 9.57 Å². The van der Waals surface area contributed by atoms with Gasteiger partial charge in [-0.3, -0.25) is 19.1 Å². The van der Waals surface area contributed by atoms with Crippen molar-refractivity contribution >= 4 is 56.4 Å². The Kier molecular flexibility index (Phi) is 8.17. The molecule has 40 heavy (non-hydrogen) atoms. The third kappa shape index (κ3) is 6.68. The first-order chi connectivity index (χ1) is 18.3. The fourth-order valence-corrected chi connectivity index (χ4v) is 4.48. The summed E-state index contributed by atoms with van der Waals surface area (Å²) >= 11 is 0. The highest BCUT2D eigenvalue weighted by molar-refractivity contribution is 7.92. The fraction of sp³-hybridized carbons (Fsp3) is 0.357. The Hall–Kier alpha value is -4.19. The van der Waals surface area contributed by atoms with E-state index >= 15 is 0 Å². The van der Waals surface area contributed by atoms with Crippen LogP contribution in [0.2, 0.25) is 0 Å². The standard InChI is InChI=1S/C28H33N3O8S/c1-16(38-25(34)27(3,4)5)23-21-14-11-19(15-22(21)31(24(23)33)39-26(35)28(6,7)8)30-40(36,37)20-12-9-18(10-13-20)29-17(2)32/h9-15,30H,1-8H3,(H,29,32)/b23-16-. The quantitative estimate of drug-likeness (QED) is 0.290. The second-order valence-corrected chi connectivity index (χ2v) is 13.0. The number of benzene rings is 2. The van der Waals surface area contributed by atoms with Gasteiger partial charge in [-0.2, -0.15) is 0 Å². The topological polar surface area (TPSA) is 148 Å². The Bertz CT molecular complexity index is 1510. The summed E-state index contributed by atoms with van der Waals surface area (Å²) in [6, 6.07) is 9.81. The van der Waals surface area contributed by atoms with Gasteiger partial charge in [0.1, 0.15) is 5.76 Å². The maximum absolute atomic E-state index is 13.5. The lowest BCUT2D eigenvalue weighted by Crippen LogP contribution is -2.35. The summed E-state index contributed by atoms with van der Waals surface area (Å²) in [5.41, 5.74) is -0.910. The van der Waals surface area contributed by atoms with Crippen LogP contribution in [0.1, 0.15) is 61.0 Å². The average molecular weight is 572 g/mol. The molecule has 0 bridgehead atoms. The van der Waals surface area contributed by atoms with Crippen LogP contribution in [0.4, 0.5) is 17.1 Å². The first kappa shape index (κ1) is 30.4. The zero-order valence-electron chi connectivity index (χ0n) is 23.7. The van der Waals surface area contributed by atoms with Gasteiger partial charge in [-0.15, -0.1) is 5.06 Å². The molecule has 1 heterocycles. The minimum atomic E-state index is -4.07. The molecular weight excluding hydrogens is 538 g/mol. The summed E-state index contributed by atoms with van der Waals surface area (Å²) in [6.07, 6.45) is 0. The monoisotopic (exact) mass is 571 g/mol. The van der Waals surface area contributed by atoms with Crippen molar-refractivity contribution < 1.29 is 37.2 Å². The van der Waals surface area contributed by atoms with Crippen LogP contribution in [0.15, 0.2) is 53.1 Å². The van der Waals surface area contributed by atoms with Gasteiger partial charge in [0.05, 0.1) is 32.7 Å². The number of allylic oxidation sites excluding steroid dienone is 1. The van der Waals surface area contributed by atoms with Gasteiger partial charge in [0.2, 0.25) is 5.91 Å². The number of amides is 2. The first-order valence-electron chi connectivity index (χ1n) is 12.4. The van der Waals surface area contributed by atoms with Crippen molar-refractivity contribution in [3.05, 3.63) is 53.8 Å². The van der Waals surface area contributed by atoms with Gasteiger partial charge in [-0.1, -0.05) is 0 Å². The third-order valence-electron chi connectivity index (χ3n) is 5.62. The van der Waals surface area contributed by atoms with Crippen molar-refractivity contribution in [3.8, 4) is 0 Å². The number of nitrogens with one attached hydrogen (secondary N) is 2. The molecule has 0 fully saturated rings. The summed E-state index contributed by atoms with van der Waals surface area (Å²) in [5.74, 6) is -2.31. The van der Waals surface area contributed by atoms with Gasteiger partial charge < -0.3 is 14.9 Å². The van der Waals surface area contributed by atoms with Gasteiger partial charge in [-0.25, -0.2) is 13.2 Å². The van der Waals surface area contributed by atoms with Gasteiger partial charge >= 0.3 is 11.9 Å². The molecule has 1 aliphatic heterocycles. The molecule has 2 N–H and O–H groups in total. The maximum atomic E-state index is 13.5. The fourth-order valence-electron chi connectivity index (χ4n) is 3.43. The largest absolute Gasteiger partial charge is 0.430 e. The molecule has 3 rings (SSSR count). The molecule has 12 heteroatoms. The van der Waals surface area contributed by atoms with E-state index in [0.29, 0.717) is 5.69 Å². The number of nitrogens with zero attached hydrogens (tertiary/aromatic N) is 1. The number of rotatable bonds is 6. The van der Waals surface area contributed by atoms with Crippen LogP contribution in [0, 0.1) is 10.8 Å². The number of anilines is 3. The molecule has 2 aromatic carbocycles. The second kappa shape index (κ2) is 10.8. The highest BCUT2D eigenvalue weighted by Crippen LogP contribution is 2.41. The number of fused-ring (bicyclic) bond motifs is 1. The van der Waals surface area contributed by atoms with E-state index in [-0.39, 0.29) is 39.1 Å². The third-order valence-corrected chi connectivity index (χ3v) is 7.02. The summed E-state index contributed by atoms with van der Waals surface area (Å²) in [7, 11) is -4.07. The predicted octanol–water partition coefficient (Wildman–Crippen LogP) is 4.62. The zero-order chi connectivity index (χ0) is 30.2. The van der Waals surface area contributed by atoms with E-state index in [9.17, 15) is 27.6 Å². The van der Waals surface area contributed by atoms with E-state index in [0.717, 1.165) is 5.06 Å². The molecule has 0 atom stereocenters. The second-order valence-electron chi connectivity index (χ2n) is 11.3. The molecule has 0 saturated heterocycles. The molecule has 0 aliphatic carbocycles. The lowest BCUT2D eigenvalue weighted by molar-refractivity contribution is -0.157. The van der Waals surface area contributed by atoms with Crippen LogP contribution in [-0.2, 0) is 38.8 Å². The van der Waals surface area contributed by atoms with Crippen molar-refractivity contribution in [2.75, 3.05) is 15.1 Å².